The van der Waals surface area contributed by atoms with Gasteiger partial charge in [0.25, 0.3) is 5.91 Å². The fourth-order valence-electron chi connectivity index (χ4n) is 4.42. The van der Waals surface area contributed by atoms with Crippen LogP contribution in [0.5, 0.6) is 17.2 Å². The Morgan fingerprint density at radius 3 is 2.38 bits per heavy atom. The predicted molar refractivity (Wildman–Crippen MR) is 136 cm³/mol. The van der Waals surface area contributed by atoms with Gasteiger partial charge in [-0.2, -0.15) is 4.31 Å². The van der Waals surface area contributed by atoms with Crippen molar-refractivity contribution in [3.8, 4) is 17.2 Å². The van der Waals surface area contributed by atoms with Crippen LogP contribution in [0.2, 0.25) is 0 Å². The van der Waals surface area contributed by atoms with Crippen LogP contribution in [0.3, 0.4) is 0 Å². The van der Waals surface area contributed by atoms with Crippen molar-refractivity contribution in [3.63, 3.8) is 0 Å². The molecule has 2 aromatic carbocycles. The minimum atomic E-state index is -3.69. The number of amides is 2. The summed E-state index contributed by atoms with van der Waals surface area (Å²) in [6.45, 7) is 5.03. The van der Waals surface area contributed by atoms with Crippen LogP contribution in [0.1, 0.15) is 37.0 Å². The third kappa shape index (κ3) is 6.16. The second-order valence-electron chi connectivity index (χ2n) is 9.58. The molecule has 2 amide bonds. The number of benzene rings is 2. The maximum atomic E-state index is 13.1. The molecule has 37 heavy (non-hydrogen) atoms. The fourth-order valence-corrected chi connectivity index (χ4v) is 5.89. The maximum Gasteiger partial charge on any atom is 0.252 e. The Morgan fingerprint density at radius 1 is 1.05 bits per heavy atom. The molecule has 1 unspecified atom stereocenters. The van der Waals surface area contributed by atoms with Crippen molar-refractivity contribution in [3.05, 3.63) is 48.0 Å². The van der Waals surface area contributed by atoms with Crippen LogP contribution < -0.4 is 24.8 Å². The average Bonchev–Trinajstić information content (AvgIpc) is 3.38. The zero-order chi connectivity index (χ0) is 26.6. The van der Waals surface area contributed by atoms with Crippen molar-refractivity contribution < 1.29 is 32.2 Å². The van der Waals surface area contributed by atoms with Crippen LogP contribution in [-0.4, -0.2) is 64.1 Å². The van der Waals surface area contributed by atoms with Crippen LogP contribution in [0.15, 0.2) is 47.4 Å². The number of hydrogen-bond acceptors (Lipinski definition) is 7. The van der Waals surface area contributed by atoms with Gasteiger partial charge in [-0.3, -0.25) is 9.59 Å². The summed E-state index contributed by atoms with van der Waals surface area (Å²) in [6, 6.07) is 10.3. The molecule has 2 heterocycles. The molecule has 2 aliphatic heterocycles. The normalized spacial score (nSPS) is 16.9. The number of methoxy groups -OCH3 is 1. The first kappa shape index (κ1) is 26.7. The van der Waals surface area contributed by atoms with Gasteiger partial charge in [0.1, 0.15) is 11.8 Å². The smallest absolute Gasteiger partial charge is 0.252 e. The Hall–Kier alpha value is -3.31. The van der Waals surface area contributed by atoms with E-state index in [9.17, 15) is 18.0 Å². The number of sulfonamides is 1. The quantitative estimate of drug-likeness (QED) is 0.509. The van der Waals surface area contributed by atoms with Crippen molar-refractivity contribution in [1.29, 1.82) is 0 Å². The highest BCUT2D eigenvalue weighted by atomic mass is 32.2. The molecular weight excluding hydrogens is 498 g/mol. The molecule has 1 fully saturated rings. The summed E-state index contributed by atoms with van der Waals surface area (Å²) in [5, 5.41) is 5.80. The van der Waals surface area contributed by atoms with Crippen molar-refractivity contribution in [2.45, 2.75) is 37.6 Å². The predicted octanol–water partition coefficient (Wildman–Crippen LogP) is 2.40. The van der Waals surface area contributed by atoms with Crippen LogP contribution in [0.4, 0.5) is 0 Å². The number of piperidine rings is 1. The zero-order valence-electron chi connectivity index (χ0n) is 21.2. The summed E-state index contributed by atoms with van der Waals surface area (Å²) >= 11 is 0. The largest absolute Gasteiger partial charge is 0.497 e. The Morgan fingerprint density at radius 2 is 1.73 bits per heavy atom. The van der Waals surface area contributed by atoms with Crippen molar-refractivity contribution >= 4 is 21.8 Å². The molecular formula is C26H33N3O7S. The van der Waals surface area contributed by atoms with E-state index in [4.69, 9.17) is 14.2 Å². The molecule has 0 spiro atoms. The number of nitrogens with one attached hydrogen (secondary N) is 2. The molecule has 4 rings (SSSR count). The Balaban J connectivity index is 1.46. The van der Waals surface area contributed by atoms with Gasteiger partial charge in [0.05, 0.1) is 12.0 Å². The van der Waals surface area contributed by atoms with E-state index in [-0.39, 0.29) is 42.5 Å². The molecule has 200 valence electrons. The lowest BCUT2D eigenvalue weighted by molar-refractivity contribution is -0.124. The summed E-state index contributed by atoms with van der Waals surface area (Å²) in [7, 11) is -2.16. The average molecular weight is 532 g/mol. The monoisotopic (exact) mass is 531 g/mol. The fraction of sp³-hybridized carbons (Fsp3) is 0.462. The summed E-state index contributed by atoms with van der Waals surface area (Å²) < 4.78 is 43.5. The number of ether oxygens (including phenoxy) is 3. The number of rotatable bonds is 9. The Kier molecular flexibility index (Phi) is 8.23. The maximum absolute atomic E-state index is 13.1. The van der Waals surface area contributed by atoms with Crippen LogP contribution >= 0.6 is 0 Å². The minimum absolute atomic E-state index is 0.0959. The van der Waals surface area contributed by atoms with E-state index in [2.05, 4.69) is 10.6 Å². The van der Waals surface area contributed by atoms with Crippen molar-refractivity contribution in [2.75, 3.05) is 33.5 Å². The molecule has 1 atom stereocenters. The highest BCUT2D eigenvalue weighted by molar-refractivity contribution is 7.89. The van der Waals surface area contributed by atoms with E-state index >= 15 is 0 Å². The van der Waals surface area contributed by atoms with E-state index < -0.39 is 22.0 Å². The lowest BCUT2D eigenvalue weighted by Gasteiger charge is -2.35. The van der Waals surface area contributed by atoms with E-state index in [0.29, 0.717) is 42.2 Å². The number of carbonyl (C=O) groups is 2. The first-order valence-corrected chi connectivity index (χ1v) is 13.8. The Bertz CT molecular complexity index is 1220. The molecule has 10 nitrogen and oxygen atoms in total. The van der Waals surface area contributed by atoms with E-state index in [1.807, 2.05) is 13.8 Å². The van der Waals surface area contributed by atoms with Gasteiger partial charge >= 0.3 is 0 Å². The third-order valence-electron chi connectivity index (χ3n) is 6.56. The molecule has 2 aliphatic rings. The summed E-state index contributed by atoms with van der Waals surface area (Å²) in [4.78, 5) is 26.4. The lowest BCUT2D eigenvalue weighted by Crippen LogP contribution is -2.54. The number of carbonyl (C=O) groups excluding carboxylic acids is 2. The molecule has 0 aromatic heterocycles. The molecule has 0 aliphatic carbocycles. The number of nitrogens with zero attached hydrogens (tertiary/aromatic N) is 1. The van der Waals surface area contributed by atoms with Gasteiger partial charge in [0.15, 0.2) is 11.5 Å². The second kappa shape index (κ2) is 11.4. The molecule has 0 saturated carbocycles. The second-order valence-corrected chi connectivity index (χ2v) is 11.5. The molecule has 0 bridgehead atoms. The molecule has 2 aromatic rings. The van der Waals surface area contributed by atoms with Crippen LogP contribution in [-0.2, 0) is 14.8 Å². The van der Waals surface area contributed by atoms with Crippen molar-refractivity contribution in [2.24, 2.45) is 11.8 Å². The lowest BCUT2D eigenvalue weighted by atomic mass is 9.89. The van der Waals surface area contributed by atoms with E-state index in [1.165, 1.54) is 23.5 Å². The molecule has 0 radical (unpaired) electrons. The summed E-state index contributed by atoms with van der Waals surface area (Å²) in [6.07, 6.45) is 0.854. The number of fused-ring (bicyclic) bond motifs is 1. The first-order valence-electron chi connectivity index (χ1n) is 12.3. The van der Waals surface area contributed by atoms with Gasteiger partial charge in [-0.1, -0.05) is 13.8 Å². The standard InChI is InChI=1S/C26H33N3O7S/c1-17(2)15-27-26(31)24(28-25(30)19-4-9-22-23(14-19)36-16-35-22)18-10-12-29(13-11-18)37(32,33)21-7-5-20(34-3)6-8-21/h4-9,14,17-18,24H,10-13,15-16H2,1-3H3,(H,27,31)(H,28,30). The summed E-state index contributed by atoms with van der Waals surface area (Å²) in [5.41, 5.74) is 0.352. The first-order chi connectivity index (χ1) is 17.7. The Labute approximate surface area is 217 Å². The number of hydrogen-bond donors (Lipinski definition) is 2. The molecule has 1 saturated heterocycles. The third-order valence-corrected chi connectivity index (χ3v) is 8.47. The summed E-state index contributed by atoms with van der Waals surface area (Å²) in [5.74, 6) is 0.943. The van der Waals surface area contributed by atoms with E-state index in [0.717, 1.165) is 0 Å². The molecule has 11 heteroatoms. The van der Waals surface area contributed by atoms with Gasteiger partial charge in [-0.05, 0) is 67.1 Å². The van der Waals surface area contributed by atoms with Crippen molar-refractivity contribution in [1.82, 2.24) is 14.9 Å². The van der Waals surface area contributed by atoms with Gasteiger partial charge in [0.2, 0.25) is 22.7 Å². The minimum Gasteiger partial charge on any atom is -0.497 e. The van der Waals surface area contributed by atoms with Crippen LogP contribution in [0.25, 0.3) is 0 Å². The molecule has 2 N–H and O–H groups in total. The van der Waals surface area contributed by atoms with Gasteiger partial charge < -0.3 is 24.8 Å². The topological polar surface area (TPSA) is 123 Å². The highest BCUT2D eigenvalue weighted by Gasteiger charge is 2.36. The van der Waals surface area contributed by atoms with Gasteiger partial charge in [-0.25, -0.2) is 8.42 Å². The van der Waals surface area contributed by atoms with Gasteiger partial charge in [-0.15, -0.1) is 0 Å². The highest BCUT2D eigenvalue weighted by Crippen LogP contribution is 2.33. The van der Waals surface area contributed by atoms with Crippen LogP contribution in [0, 0.1) is 11.8 Å². The SMILES string of the molecule is COc1ccc(S(=O)(=O)N2CCC(C(NC(=O)c3ccc4c(c3)OCO4)C(=O)NCC(C)C)CC2)cc1. The van der Waals surface area contributed by atoms with Gasteiger partial charge in [0, 0.05) is 25.2 Å². The zero-order valence-corrected chi connectivity index (χ0v) is 22.0. The van der Waals surface area contributed by atoms with E-state index in [1.54, 1.807) is 30.3 Å².